The lowest BCUT2D eigenvalue weighted by molar-refractivity contribution is -0.132. The molecule has 24 heavy (non-hydrogen) atoms. The minimum absolute atomic E-state index is 0.0274. The van der Waals surface area contributed by atoms with Crippen LogP contribution in [0.15, 0.2) is 48.2 Å². The number of halogens is 1. The van der Waals surface area contributed by atoms with Crippen molar-refractivity contribution in [2.75, 3.05) is 7.11 Å². The summed E-state index contributed by atoms with van der Waals surface area (Å²) in [6.45, 7) is 0. The summed E-state index contributed by atoms with van der Waals surface area (Å²) in [5.74, 6) is -1.61. The van der Waals surface area contributed by atoms with Crippen LogP contribution >= 0.6 is 22.6 Å². The van der Waals surface area contributed by atoms with E-state index in [1.807, 2.05) is 22.6 Å². The Morgan fingerprint density at radius 3 is 2.46 bits per heavy atom. The van der Waals surface area contributed by atoms with E-state index in [0.717, 1.165) is 0 Å². The minimum atomic E-state index is -1.28. The summed E-state index contributed by atoms with van der Waals surface area (Å²) in [5, 5.41) is 21.5. The van der Waals surface area contributed by atoms with Gasteiger partial charge in [0.25, 0.3) is 5.91 Å². The number of aromatic hydroxyl groups is 1. The number of aliphatic carboxylic acids is 1. The maximum Gasteiger partial charge on any atom is 0.352 e. The first-order valence-corrected chi connectivity index (χ1v) is 7.88. The van der Waals surface area contributed by atoms with E-state index in [9.17, 15) is 19.8 Å². The number of methoxy groups -OCH3 is 1. The predicted molar refractivity (Wildman–Crippen MR) is 96.9 cm³/mol. The molecule has 0 radical (unpaired) electrons. The zero-order chi connectivity index (χ0) is 17.7. The third kappa shape index (κ3) is 4.25. The number of ether oxygens (including phenoxy) is 1. The van der Waals surface area contributed by atoms with Gasteiger partial charge in [-0.3, -0.25) is 4.79 Å². The lowest BCUT2D eigenvalue weighted by atomic mass is 10.1. The number of carbonyl (C=O) groups excluding carboxylic acids is 1. The Labute approximate surface area is 151 Å². The highest BCUT2D eigenvalue weighted by Crippen LogP contribution is 2.33. The van der Waals surface area contributed by atoms with Gasteiger partial charge in [0.05, 0.1) is 10.7 Å². The number of benzene rings is 2. The van der Waals surface area contributed by atoms with Gasteiger partial charge in [-0.1, -0.05) is 18.2 Å². The average molecular weight is 439 g/mol. The van der Waals surface area contributed by atoms with Gasteiger partial charge in [-0.05, 0) is 58.5 Å². The molecule has 0 aliphatic carbocycles. The third-order valence-electron chi connectivity index (χ3n) is 3.10. The number of rotatable bonds is 5. The van der Waals surface area contributed by atoms with Crippen LogP contribution in [0.1, 0.15) is 15.9 Å². The summed E-state index contributed by atoms with van der Waals surface area (Å²) < 4.78 is 5.54. The summed E-state index contributed by atoms with van der Waals surface area (Å²) >= 11 is 1.90. The van der Waals surface area contributed by atoms with Crippen LogP contribution < -0.4 is 10.1 Å². The molecule has 1 amide bonds. The molecule has 2 aromatic rings. The molecule has 0 bridgehead atoms. The maximum absolute atomic E-state index is 12.1. The summed E-state index contributed by atoms with van der Waals surface area (Å²) in [5.41, 5.74) is 0.537. The second-order valence-corrected chi connectivity index (χ2v) is 5.90. The van der Waals surface area contributed by atoms with Crippen LogP contribution in [0.2, 0.25) is 0 Å². The molecule has 0 saturated carbocycles. The maximum atomic E-state index is 12.1. The second-order valence-electron chi connectivity index (χ2n) is 4.74. The lowest BCUT2D eigenvalue weighted by Crippen LogP contribution is -2.27. The van der Waals surface area contributed by atoms with Crippen LogP contribution in [0, 0.1) is 3.57 Å². The zero-order valence-electron chi connectivity index (χ0n) is 12.6. The molecule has 0 fully saturated rings. The van der Waals surface area contributed by atoms with Gasteiger partial charge < -0.3 is 20.3 Å². The molecule has 2 rings (SSSR count). The van der Waals surface area contributed by atoms with Crippen molar-refractivity contribution in [2.24, 2.45) is 0 Å². The number of carboxylic acid groups (broad SMARTS) is 1. The Kier molecular flexibility index (Phi) is 5.80. The molecule has 7 heteroatoms. The minimum Gasteiger partial charge on any atom is -0.504 e. The third-order valence-corrected chi connectivity index (χ3v) is 3.92. The topological polar surface area (TPSA) is 95.9 Å². The average Bonchev–Trinajstić information content (AvgIpc) is 2.57. The molecular weight excluding hydrogens is 425 g/mol. The molecule has 124 valence electrons. The molecule has 0 unspecified atom stereocenters. The van der Waals surface area contributed by atoms with Crippen LogP contribution in [-0.4, -0.2) is 29.2 Å². The highest BCUT2D eigenvalue weighted by molar-refractivity contribution is 14.1. The van der Waals surface area contributed by atoms with Crippen molar-refractivity contribution in [3.8, 4) is 11.5 Å². The summed E-state index contributed by atoms with van der Waals surface area (Å²) in [6.07, 6.45) is 1.30. The van der Waals surface area contributed by atoms with Crippen molar-refractivity contribution in [3.05, 3.63) is 62.9 Å². The number of hydrogen-bond donors (Lipinski definition) is 3. The van der Waals surface area contributed by atoms with Gasteiger partial charge in [-0.2, -0.15) is 0 Å². The molecule has 0 heterocycles. The van der Waals surface area contributed by atoms with Crippen molar-refractivity contribution in [1.82, 2.24) is 5.32 Å². The quantitative estimate of drug-likeness (QED) is 0.492. The second kappa shape index (κ2) is 7.82. The Morgan fingerprint density at radius 1 is 1.21 bits per heavy atom. The van der Waals surface area contributed by atoms with Crippen molar-refractivity contribution in [1.29, 1.82) is 0 Å². The van der Waals surface area contributed by atoms with Crippen LogP contribution in [0.25, 0.3) is 6.08 Å². The van der Waals surface area contributed by atoms with E-state index in [1.54, 1.807) is 36.4 Å². The monoisotopic (exact) mass is 439 g/mol. The van der Waals surface area contributed by atoms with Crippen molar-refractivity contribution in [2.45, 2.75) is 0 Å². The van der Waals surface area contributed by atoms with Crippen LogP contribution in [0.3, 0.4) is 0 Å². The highest BCUT2D eigenvalue weighted by Gasteiger charge is 2.14. The van der Waals surface area contributed by atoms with Crippen molar-refractivity contribution < 1.29 is 24.5 Å². The van der Waals surface area contributed by atoms with Gasteiger partial charge >= 0.3 is 5.97 Å². The highest BCUT2D eigenvalue weighted by atomic mass is 127. The number of hydrogen-bond acceptors (Lipinski definition) is 4. The number of carbonyl (C=O) groups is 2. The predicted octanol–water partition coefficient (Wildman–Crippen LogP) is 2.86. The first kappa shape index (κ1) is 17.8. The molecule has 0 aliphatic heterocycles. The summed E-state index contributed by atoms with van der Waals surface area (Å²) in [7, 11) is 1.40. The Bertz CT molecular complexity index is 802. The molecule has 3 N–H and O–H groups in total. The molecule has 0 atom stereocenters. The SMILES string of the molecule is COc1cc(C=C(NC(=O)c2ccccc2)C(=O)O)cc(I)c1O. The fourth-order valence-electron chi connectivity index (χ4n) is 1.93. The van der Waals surface area contributed by atoms with Crippen LogP contribution in [0.4, 0.5) is 0 Å². The van der Waals surface area contributed by atoms with Crippen LogP contribution in [-0.2, 0) is 4.79 Å². The van der Waals surface area contributed by atoms with Gasteiger partial charge in [0.1, 0.15) is 5.70 Å². The van der Waals surface area contributed by atoms with E-state index >= 15 is 0 Å². The smallest absolute Gasteiger partial charge is 0.352 e. The van der Waals surface area contributed by atoms with Gasteiger partial charge in [0.15, 0.2) is 11.5 Å². The van der Waals surface area contributed by atoms with E-state index in [-0.39, 0.29) is 17.2 Å². The number of carboxylic acids is 1. The summed E-state index contributed by atoms with van der Waals surface area (Å²) in [4.78, 5) is 23.5. The van der Waals surface area contributed by atoms with Crippen molar-refractivity contribution >= 4 is 40.5 Å². The van der Waals surface area contributed by atoms with E-state index in [0.29, 0.717) is 14.7 Å². The first-order chi connectivity index (χ1) is 11.4. The Morgan fingerprint density at radius 2 is 1.88 bits per heavy atom. The van der Waals surface area contributed by atoms with E-state index in [1.165, 1.54) is 19.3 Å². The molecular formula is C17H14INO5. The van der Waals surface area contributed by atoms with E-state index < -0.39 is 11.9 Å². The van der Waals surface area contributed by atoms with Crippen molar-refractivity contribution in [3.63, 3.8) is 0 Å². The van der Waals surface area contributed by atoms with E-state index in [4.69, 9.17) is 4.74 Å². The number of amides is 1. The zero-order valence-corrected chi connectivity index (χ0v) is 14.8. The van der Waals surface area contributed by atoms with Crippen LogP contribution in [0.5, 0.6) is 11.5 Å². The van der Waals surface area contributed by atoms with Gasteiger partial charge in [-0.25, -0.2) is 4.79 Å². The van der Waals surface area contributed by atoms with Gasteiger partial charge in [0.2, 0.25) is 0 Å². The Hall–Kier alpha value is -2.55. The molecule has 0 aliphatic rings. The fraction of sp³-hybridized carbons (Fsp3) is 0.0588. The van der Waals surface area contributed by atoms with Gasteiger partial charge in [0, 0.05) is 5.56 Å². The van der Waals surface area contributed by atoms with E-state index in [2.05, 4.69) is 5.32 Å². The molecule has 6 nitrogen and oxygen atoms in total. The molecule has 0 saturated heterocycles. The first-order valence-electron chi connectivity index (χ1n) is 6.80. The number of phenolic OH excluding ortho intramolecular Hbond substituents is 1. The standard InChI is InChI=1S/C17H14INO5/c1-24-14-9-10(7-12(18)15(14)20)8-13(17(22)23)19-16(21)11-5-3-2-4-6-11/h2-9,20H,1H3,(H,19,21)(H,22,23). The summed E-state index contributed by atoms with van der Waals surface area (Å²) in [6, 6.07) is 11.4. The molecule has 2 aromatic carbocycles. The normalized spacial score (nSPS) is 11.0. The molecule has 0 spiro atoms. The largest absolute Gasteiger partial charge is 0.504 e. The fourth-order valence-corrected chi connectivity index (χ4v) is 2.56. The lowest BCUT2D eigenvalue weighted by Gasteiger charge is -2.09. The Balaban J connectivity index is 2.34. The number of phenols is 1. The van der Waals surface area contributed by atoms with Gasteiger partial charge in [-0.15, -0.1) is 0 Å². The number of nitrogens with one attached hydrogen (secondary N) is 1. The molecule has 0 aromatic heterocycles.